The van der Waals surface area contributed by atoms with Gasteiger partial charge in [0.15, 0.2) is 0 Å². The van der Waals surface area contributed by atoms with E-state index < -0.39 is 11.7 Å². The zero-order valence-corrected chi connectivity index (χ0v) is 14.7. The summed E-state index contributed by atoms with van der Waals surface area (Å²) in [5.74, 6) is -1.33. The second-order valence-electron chi connectivity index (χ2n) is 5.90. The molecule has 3 aromatic rings. The minimum atomic E-state index is -0.525. The third-order valence-electron chi connectivity index (χ3n) is 3.96. The standard InChI is InChI=1S/C21H18FN3O2/c1-2-14-6-8-17(9-7-14)24-20(26)15-10-11-23-19(12-15)21(27)25-18-5-3-4-16(22)13-18/h3-13H,2H2,1H3,(H,24,26)(H,25,27). The van der Waals surface area contributed by atoms with Crippen molar-refractivity contribution >= 4 is 23.2 Å². The molecule has 3 rings (SSSR count). The van der Waals surface area contributed by atoms with E-state index in [1.54, 1.807) is 6.07 Å². The number of hydrogen-bond donors (Lipinski definition) is 2. The quantitative estimate of drug-likeness (QED) is 0.710. The van der Waals surface area contributed by atoms with E-state index >= 15 is 0 Å². The van der Waals surface area contributed by atoms with E-state index in [9.17, 15) is 14.0 Å². The van der Waals surface area contributed by atoms with Gasteiger partial charge in [-0.15, -0.1) is 0 Å². The lowest BCUT2D eigenvalue weighted by Crippen LogP contribution is -2.17. The monoisotopic (exact) mass is 363 g/mol. The van der Waals surface area contributed by atoms with Crippen LogP contribution >= 0.6 is 0 Å². The molecule has 5 nitrogen and oxygen atoms in total. The van der Waals surface area contributed by atoms with Crippen LogP contribution in [0.4, 0.5) is 15.8 Å². The molecule has 0 fully saturated rings. The summed E-state index contributed by atoms with van der Waals surface area (Å²) in [6.45, 7) is 2.06. The Morgan fingerprint density at radius 2 is 1.67 bits per heavy atom. The summed E-state index contributed by atoms with van der Waals surface area (Å²) >= 11 is 0. The highest BCUT2D eigenvalue weighted by Gasteiger charge is 2.13. The predicted octanol–water partition coefficient (Wildman–Crippen LogP) is 4.29. The van der Waals surface area contributed by atoms with Gasteiger partial charge < -0.3 is 10.6 Å². The smallest absolute Gasteiger partial charge is 0.274 e. The molecule has 0 atom stereocenters. The summed E-state index contributed by atoms with van der Waals surface area (Å²) in [6.07, 6.45) is 2.30. The Hall–Kier alpha value is -3.54. The molecule has 6 heteroatoms. The third-order valence-corrected chi connectivity index (χ3v) is 3.96. The van der Waals surface area contributed by atoms with Gasteiger partial charge in [-0.05, 0) is 54.4 Å². The van der Waals surface area contributed by atoms with Gasteiger partial charge in [-0.2, -0.15) is 0 Å². The number of amides is 2. The number of anilines is 2. The van der Waals surface area contributed by atoms with Crippen molar-refractivity contribution in [3.63, 3.8) is 0 Å². The number of carbonyl (C=O) groups is 2. The SMILES string of the molecule is CCc1ccc(NC(=O)c2ccnc(C(=O)Nc3cccc(F)c3)c2)cc1. The molecule has 0 saturated heterocycles. The highest BCUT2D eigenvalue weighted by Crippen LogP contribution is 2.14. The Morgan fingerprint density at radius 3 is 2.37 bits per heavy atom. The van der Waals surface area contributed by atoms with E-state index in [0.29, 0.717) is 16.9 Å². The molecule has 0 radical (unpaired) electrons. The van der Waals surface area contributed by atoms with Gasteiger partial charge in [0.05, 0.1) is 0 Å². The molecule has 136 valence electrons. The van der Waals surface area contributed by atoms with Crippen molar-refractivity contribution in [3.05, 3.63) is 89.5 Å². The van der Waals surface area contributed by atoms with Crippen molar-refractivity contribution < 1.29 is 14.0 Å². The molecule has 2 amide bonds. The van der Waals surface area contributed by atoms with Gasteiger partial charge >= 0.3 is 0 Å². The van der Waals surface area contributed by atoms with Crippen LogP contribution in [0.15, 0.2) is 66.9 Å². The first-order valence-corrected chi connectivity index (χ1v) is 8.48. The summed E-state index contributed by atoms with van der Waals surface area (Å²) < 4.78 is 13.2. The molecular weight excluding hydrogens is 345 g/mol. The van der Waals surface area contributed by atoms with Crippen molar-refractivity contribution in [2.45, 2.75) is 13.3 Å². The number of benzene rings is 2. The first-order chi connectivity index (χ1) is 13.0. The summed E-state index contributed by atoms with van der Waals surface area (Å²) in [5.41, 5.74) is 2.52. The van der Waals surface area contributed by atoms with E-state index in [1.165, 1.54) is 42.1 Å². The fraction of sp³-hybridized carbons (Fsp3) is 0.0952. The van der Waals surface area contributed by atoms with E-state index in [0.717, 1.165) is 6.42 Å². The predicted molar refractivity (Wildman–Crippen MR) is 102 cm³/mol. The van der Waals surface area contributed by atoms with E-state index in [1.807, 2.05) is 24.3 Å². The van der Waals surface area contributed by atoms with Crippen molar-refractivity contribution in [2.75, 3.05) is 10.6 Å². The molecule has 0 aliphatic rings. The molecule has 2 aromatic carbocycles. The molecule has 0 aliphatic heterocycles. The van der Waals surface area contributed by atoms with E-state index in [2.05, 4.69) is 22.5 Å². The molecule has 1 heterocycles. The van der Waals surface area contributed by atoms with Crippen LogP contribution in [0.1, 0.15) is 33.3 Å². The summed E-state index contributed by atoms with van der Waals surface area (Å²) in [7, 11) is 0. The Labute approximate surface area is 156 Å². The molecule has 2 N–H and O–H groups in total. The summed E-state index contributed by atoms with van der Waals surface area (Å²) in [6, 6.07) is 16.0. The minimum Gasteiger partial charge on any atom is -0.322 e. The average molecular weight is 363 g/mol. The molecule has 0 bridgehead atoms. The molecule has 1 aromatic heterocycles. The maximum Gasteiger partial charge on any atom is 0.274 e. The highest BCUT2D eigenvalue weighted by molar-refractivity contribution is 6.07. The Kier molecular flexibility index (Phi) is 5.56. The van der Waals surface area contributed by atoms with Gasteiger partial charge in [0.1, 0.15) is 11.5 Å². The van der Waals surface area contributed by atoms with Gasteiger partial charge in [0.25, 0.3) is 11.8 Å². The molecule has 27 heavy (non-hydrogen) atoms. The number of aromatic nitrogens is 1. The number of aryl methyl sites for hydroxylation is 1. The Morgan fingerprint density at radius 1 is 0.926 bits per heavy atom. The van der Waals surface area contributed by atoms with Gasteiger partial charge in [0.2, 0.25) is 0 Å². The van der Waals surface area contributed by atoms with Crippen LogP contribution in [0, 0.1) is 5.82 Å². The van der Waals surface area contributed by atoms with Gasteiger partial charge in [-0.3, -0.25) is 14.6 Å². The molecule has 0 spiro atoms. The first-order valence-electron chi connectivity index (χ1n) is 8.48. The Bertz CT molecular complexity index is 971. The zero-order valence-electron chi connectivity index (χ0n) is 14.7. The van der Waals surface area contributed by atoms with E-state index in [4.69, 9.17) is 0 Å². The van der Waals surface area contributed by atoms with Crippen molar-refractivity contribution in [1.82, 2.24) is 4.98 Å². The number of rotatable bonds is 5. The van der Waals surface area contributed by atoms with Crippen LogP contribution in [0.2, 0.25) is 0 Å². The number of pyridine rings is 1. The number of nitrogens with zero attached hydrogens (tertiary/aromatic N) is 1. The van der Waals surface area contributed by atoms with Crippen LogP contribution in [-0.4, -0.2) is 16.8 Å². The molecule has 0 unspecified atom stereocenters. The van der Waals surface area contributed by atoms with Crippen molar-refractivity contribution in [2.24, 2.45) is 0 Å². The molecule has 0 saturated carbocycles. The number of hydrogen-bond acceptors (Lipinski definition) is 3. The van der Waals surface area contributed by atoms with Crippen LogP contribution < -0.4 is 10.6 Å². The lowest BCUT2D eigenvalue weighted by molar-refractivity contribution is 0.102. The first kappa shape index (κ1) is 18.3. The summed E-state index contributed by atoms with van der Waals surface area (Å²) in [4.78, 5) is 28.7. The van der Waals surface area contributed by atoms with Gasteiger partial charge in [-0.25, -0.2) is 4.39 Å². The maximum atomic E-state index is 13.2. The number of carbonyl (C=O) groups excluding carboxylic acids is 2. The van der Waals surface area contributed by atoms with Crippen LogP contribution in [-0.2, 0) is 6.42 Å². The van der Waals surface area contributed by atoms with Crippen LogP contribution in [0.3, 0.4) is 0 Å². The topological polar surface area (TPSA) is 71.1 Å². The normalized spacial score (nSPS) is 10.3. The molecular formula is C21H18FN3O2. The van der Waals surface area contributed by atoms with Gasteiger partial charge in [-0.1, -0.05) is 25.1 Å². The number of nitrogens with one attached hydrogen (secondary N) is 2. The fourth-order valence-corrected chi connectivity index (χ4v) is 2.48. The van der Waals surface area contributed by atoms with E-state index in [-0.39, 0.29) is 11.6 Å². The van der Waals surface area contributed by atoms with Crippen molar-refractivity contribution in [1.29, 1.82) is 0 Å². The van der Waals surface area contributed by atoms with Crippen LogP contribution in [0.25, 0.3) is 0 Å². The fourth-order valence-electron chi connectivity index (χ4n) is 2.48. The highest BCUT2D eigenvalue weighted by atomic mass is 19.1. The zero-order chi connectivity index (χ0) is 19.2. The Balaban J connectivity index is 1.71. The summed E-state index contributed by atoms with van der Waals surface area (Å²) in [5, 5.41) is 5.34. The van der Waals surface area contributed by atoms with Gasteiger partial charge in [0, 0.05) is 23.1 Å². The lowest BCUT2D eigenvalue weighted by Gasteiger charge is -2.08. The van der Waals surface area contributed by atoms with Crippen LogP contribution in [0.5, 0.6) is 0 Å². The third kappa shape index (κ3) is 4.76. The number of halogens is 1. The largest absolute Gasteiger partial charge is 0.322 e. The maximum absolute atomic E-state index is 13.2. The second-order valence-corrected chi connectivity index (χ2v) is 5.90. The average Bonchev–Trinajstić information content (AvgIpc) is 2.68. The molecule has 0 aliphatic carbocycles. The lowest BCUT2D eigenvalue weighted by atomic mass is 10.1. The second kappa shape index (κ2) is 8.23. The minimum absolute atomic E-state index is 0.0632. The van der Waals surface area contributed by atoms with Crippen molar-refractivity contribution in [3.8, 4) is 0 Å².